The molecule has 2 aromatic carbocycles. The lowest BCUT2D eigenvalue weighted by atomic mass is 10.1. The zero-order valence-electron chi connectivity index (χ0n) is 10.7. The molecule has 3 nitrogen and oxygen atoms in total. The molecule has 0 radical (unpaired) electrons. The Balaban J connectivity index is 2.19. The fourth-order valence-electron chi connectivity index (χ4n) is 1.86. The maximum Gasteiger partial charge on any atom is 0.336 e. The van der Waals surface area contributed by atoms with Gasteiger partial charge in [-0.25, -0.2) is 9.18 Å². The molecule has 0 aliphatic rings. The SMILES string of the molecule is Cc1c(OCc2cc(F)cc(Br)c2)cccc1C(=O)O. The van der Waals surface area contributed by atoms with Crippen molar-refractivity contribution in [1.29, 1.82) is 0 Å². The zero-order chi connectivity index (χ0) is 14.7. The van der Waals surface area contributed by atoms with Crippen molar-refractivity contribution in [3.63, 3.8) is 0 Å². The van der Waals surface area contributed by atoms with Crippen LogP contribution in [-0.2, 0) is 6.61 Å². The minimum atomic E-state index is -0.999. The van der Waals surface area contributed by atoms with E-state index in [0.717, 1.165) is 0 Å². The molecule has 0 fully saturated rings. The molecule has 0 saturated carbocycles. The van der Waals surface area contributed by atoms with Gasteiger partial charge in [0.2, 0.25) is 0 Å². The molecule has 2 rings (SSSR count). The topological polar surface area (TPSA) is 46.5 Å². The van der Waals surface area contributed by atoms with E-state index in [-0.39, 0.29) is 18.0 Å². The van der Waals surface area contributed by atoms with Gasteiger partial charge in [-0.2, -0.15) is 0 Å². The predicted molar refractivity (Wildman–Crippen MR) is 76.6 cm³/mol. The summed E-state index contributed by atoms with van der Waals surface area (Å²) in [6.45, 7) is 1.85. The molecule has 0 aromatic heterocycles. The zero-order valence-corrected chi connectivity index (χ0v) is 12.3. The van der Waals surface area contributed by atoms with Crippen molar-refractivity contribution < 1.29 is 19.0 Å². The molecule has 104 valence electrons. The third-order valence-electron chi connectivity index (χ3n) is 2.83. The average Bonchev–Trinajstić information content (AvgIpc) is 2.36. The van der Waals surface area contributed by atoms with Gasteiger partial charge in [0.15, 0.2) is 0 Å². The van der Waals surface area contributed by atoms with Gasteiger partial charge in [-0.15, -0.1) is 0 Å². The van der Waals surface area contributed by atoms with Crippen LogP contribution in [0.15, 0.2) is 40.9 Å². The van der Waals surface area contributed by atoms with Crippen molar-refractivity contribution in [2.75, 3.05) is 0 Å². The Morgan fingerprint density at radius 3 is 2.75 bits per heavy atom. The second-order valence-electron chi connectivity index (χ2n) is 4.30. The molecule has 0 spiro atoms. The van der Waals surface area contributed by atoms with Crippen LogP contribution in [0.25, 0.3) is 0 Å². The summed E-state index contributed by atoms with van der Waals surface area (Å²) < 4.78 is 19.4. The van der Waals surface area contributed by atoms with Crippen LogP contribution in [0.4, 0.5) is 4.39 Å². The summed E-state index contributed by atoms with van der Waals surface area (Å²) in [6, 6.07) is 9.31. The number of carboxylic acid groups (broad SMARTS) is 1. The highest BCUT2D eigenvalue weighted by Gasteiger charge is 2.11. The highest BCUT2D eigenvalue weighted by Crippen LogP contribution is 2.23. The number of halogens is 2. The van der Waals surface area contributed by atoms with Gasteiger partial charge in [-0.1, -0.05) is 22.0 Å². The molecule has 0 aliphatic carbocycles. The number of carboxylic acids is 1. The molecule has 0 aliphatic heterocycles. The molecule has 0 amide bonds. The Bertz CT molecular complexity index is 635. The first kappa shape index (κ1) is 14.5. The van der Waals surface area contributed by atoms with E-state index in [0.29, 0.717) is 21.3 Å². The van der Waals surface area contributed by atoms with Gasteiger partial charge >= 0.3 is 5.97 Å². The molecular formula is C15H12BrFO3. The minimum Gasteiger partial charge on any atom is -0.489 e. The number of carbonyl (C=O) groups is 1. The summed E-state index contributed by atoms with van der Waals surface area (Å²) >= 11 is 3.21. The van der Waals surface area contributed by atoms with Crippen molar-refractivity contribution in [2.24, 2.45) is 0 Å². The minimum absolute atomic E-state index is 0.167. The van der Waals surface area contributed by atoms with Gasteiger partial charge in [0.05, 0.1) is 5.56 Å². The Kier molecular flexibility index (Phi) is 4.39. The van der Waals surface area contributed by atoms with Gasteiger partial charge in [0.1, 0.15) is 18.2 Å². The molecular weight excluding hydrogens is 327 g/mol. The maximum absolute atomic E-state index is 13.2. The fraction of sp³-hybridized carbons (Fsp3) is 0.133. The van der Waals surface area contributed by atoms with Crippen molar-refractivity contribution in [2.45, 2.75) is 13.5 Å². The van der Waals surface area contributed by atoms with Crippen LogP contribution in [0.2, 0.25) is 0 Å². The van der Waals surface area contributed by atoms with Crippen molar-refractivity contribution in [1.82, 2.24) is 0 Å². The van der Waals surface area contributed by atoms with Crippen LogP contribution in [0.1, 0.15) is 21.5 Å². The first-order chi connectivity index (χ1) is 9.47. The van der Waals surface area contributed by atoms with Crippen molar-refractivity contribution in [3.05, 3.63) is 63.4 Å². The Hall–Kier alpha value is -1.88. The summed E-state index contributed by atoms with van der Waals surface area (Å²) in [6.07, 6.45) is 0. The Morgan fingerprint density at radius 2 is 2.10 bits per heavy atom. The molecule has 2 aromatic rings. The molecule has 0 saturated heterocycles. The molecule has 0 bridgehead atoms. The average molecular weight is 339 g/mol. The second kappa shape index (κ2) is 6.05. The third-order valence-corrected chi connectivity index (χ3v) is 3.29. The highest BCUT2D eigenvalue weighted by atomic mass is 79.9. The number of aromatic carboxylic acids is 1. The summed E-state index contributed by atoms with van der Waals surface area (Å²) in [5.74, 6) is -0.874. The lowest BCUT2D eigenvalue weighted by Crippen LogP contribution is -2.03. The highest BCUT2D eigenvalue weighted by molar-refractivity contribution is 9.10. The Morgan fingerprint density at radius 1 is 1.35 bits per heavy atom. The summed E-state index contributed by atoms with van der Waals surface area (Å²) in [4.78, 5) is 11.0. The van der Waals surface area contributed by atoms with Gasteiger partial charge in [-0.3, -0.25) is 0 Å². The van der Waals surface area contributed by atoms with Gasteiger partial charge in [0, 0.05) is 10.0 Å². The predicted octanol–water partition coefficient (Wildman–Crippen LogP) is 4.17. The van der Waals surface area contributed by atoms with Gasteiger partial charge in [0.25, 0.3) is 0 Å². The summed E-state index contributed by atoms with van der Waals surface area (Å²) in [5, 5.41) is 9.04. The molecule has 0 heterocycles. The van der Waals surface area contributed by atoms with E-state index in [1.54, 1.807) is 25.1 Å². The van der Waals surface area contributed by atoms with Gasteiger partial charge < -0.3 is 9.84 Å². The number of benzene rings is 2. The van der Waals surface area contributed by atoms with E-state index < -0.39 is 5.97 Å². The Labute approximate surface area is 124 Å². The third kappa shape index (κ3) is 3.36. The maximum atomic E-state index is 13.2. The summed E-state index contributed by atoms with van der Waals surface area (Å²) in [7, 11) is 0. The number of hydrogen-bond donors (Lipinski definition) is 1. The van der Waals surface area contributed by atoms with E-state index in [9.17, 15) is 9.18 Å². The number of hydrogen-bond acceptors (Lipinski definition) is 2. The van der Waals surface area contributed by atoms with Gasteiger partial charge in [-0.05, 0) is 42.8 Å². The van der Waals surface area contributed by atoms with Crippen LogP contribution >= 0.6 is 15.9 Å². The first-order valence-corrected chi connectivity index (χ1v) is 6.67. The second-order valence-corrected chi connectivity index (χ2v) is 5.22. The molecule has 0 atom stereocenters. The molecule has 5 heteroatoms. The fourth-order valence-corrected chi connectivity index (χ4v) is 2.37. The van der Waals surface area contributed by atoms with E-state index >= 15 is 0 Å². The van der Waals surface area contributed by atoms with Crippen LogP contribution in [0, 0.1) is 12.7 Å². The van der Waals surface area contributed by atoms with Crippen molar-refractivity contribution >= 4 is 21.9 Å². The summed E-state index contributed by atoms with van der Waals surface area (Å²) in [5.41, 5.74) is 1.41. The quantitative estimate of drug-likeness (QED) is 0.909. The first-order valence-electron chi connectivity index (χ1n) is 5.88. The normalized spacial score (nSPS) is 10.3. The monoisotopic (exact) mass is 338 g/mol. The molecule has 1 N–H and O–H groups in total. The number of rotatable bonds is 4. The van der Waals surface area contributed by atoms with E-state index in [2.05, 4.69) is 15.9 Å². The van der Waals surface area contributed by atoms with Crippen molar-refractivity contribution in [3.8, 4) is 5.75 Å². The van der Waals surface area contributed by atoms with Crippen LogP contribution in [0.5, 0.6) is 5.75 Å². The lowest BCUT2D eigenvalue weighted by Gasteiger charge is -2.11. The molecule has 0 unspecified atom stereocenters. The van der Waals surface area contributed by atoms with E-state index in [1.807, 2.05) is 0 Å². The lowest BCUT2D eigenvalue weighted by molar-refractivity contribution is 0.0695. The largest absolute Gasteiger partial charge is 0.489 e. The standard InChI is InChI=1S/C15H12BrFO3/c1-9-13(15(18)19)3-2-4-14(9)20-8-10-5-11(16)7-12(17)6-10/h2-7H,8H2,1H3,(H,18,19). The van der Waals surface area contributed by atoms with Crippen LogP contribution < -0.4 is 4.74 Å². The van der Waals surface area contributed by atoms with E-state index in [1.165, 1.54) is 18.2 Å². The van der Waals surface area contributed by atoms with Crippen LogP contribution in [0.3, 0.4) is 0 Å². The van der Waals surface area contributed by atoms with Crippen LogP contribution in [-0.4, -0.2) is 11.1 Å². The number of ether oxygens (including phenoxy) is 1. The van der Waals surface area contributed by atoms with E-state index in [4.69, 9.17) is 9.84 Å². The smallest absolute Gasteiger partial charge is 0.336 e. The molecule has 20 heavy (non-hydrogen) atoms.